The summed E-state index contributed by atoms with van der Waals surface area (Å²) in [6.07, 6.45) is 2.66. The van der Waals surface area contributed by atoms with Crippen LogP contribution in [0.25, 0.3) is 11.5 Å². The van der Waals surface area contributed by atoms with Crippen LogP contribution in [0.3, 0.4) is 0 Å². The van der Waals surface area contributed by atoms with Gasteiger partial charge < -0.3 is 23.7 Å². The third-order valence-electron chi connectivity index (χ3n) is 4.53. The summed E-state index contributed by atoms with van der Waals surface area (Å²) in [6, 6.07) is 6.69. The molecule has 0 spiro atoms. The fourth-order valence-corrected chi connectivity index (χ4v) is 3.07. The molecule has 0 unspecified atom stereocenters. The van der Waals surface area contributed by atoms with Crippen LogP contribution in [0.5, 0.6) is 0 Å². The average molecular weight is 370 g/mol. The maximum absolute atomic E-state index is 12.6. The number of aryl methyl sites for hydroxylation is 1. The first kappa shape index (κ1) is 17.1. The summed E-state index contributed by atoms with van der Waals surface area (Å²) in [5, 5.41) is 10.3. The van der Waals surface area contributed by atoms with Crippen LogP contribution in [0.4, 0.5) is 5.82 Å². The minimum absolute atomic E-state index is 0.114. The highest BCUT2D eigenvalue weighted by Crippen LogP contribution is 2.24. The molecule has 9 heteroatoms. The fourth-order valence-electron chi connectivity index (χ4n) is 3.07. The van der Waals surface area contributed by atoms with Crippen molar-refractivity contribution in [2.45, 2.75) is 19.8 Å². The van der Waals surface area contributed by atoms with Gasteiger partial charge in [-0.05, 0) is 31.9 Å². The van der Waals surface area contributed by atoms with Gasteiger partial charge in [0.25, 0.3) is 5.91 Å². The van der Waals surface area contributed by atoms with E-state index in [0.717, 1.165) is 0 Å². The van der Waals surface area contributed by atoms with Gasteiger partial charge in [-0.15, -0.1) is 0 Å². The molecule has 1 aliphatic heterocycles. The number of carbonyl (C=O) groups is 2. The van der Waals surface area contributed by atoms with Crippen LogP contribution in [-0.4, -0.2) is 40.1 Å². The first-order valence-corrected chi connectivity index (χ1v) is 8.64. The first-order chi connectivity index (χ1) is 13.1. The molecule has 1 fully saturated rings. The molecule has 9 nitrogen and oxygen atoms in total. The molecule has 0 radical (unpaired) electrons. The Hall–Kier alpha value is -3.36. The Morgan fingerprint density at radius 3 is 2.63 bits per heavy atom. The van der Waals surface area contributed by atoms with Gasteiger partial charge >= 0.3 is 0 Å². The number of anilines is 1. The highest BCUT2D eigenvalue weighted by molar-refractivity contribution is 5.94. The van der Waals surface area contributed by atoms with Gasteiger partial charge in [0.15, 0.2) is 17.3 Å². The lowest BCUT2D eigenvalue weighted by Gasteiger charge is -2.30. The van der Waals surface area contributed by atoms with Crippen molar-refractivity contribution in [3.8, 4) is 11.5 Å². The molecule has 0 saturated carbocycles. The molecular weight excluding hydrogens is 352 g/mol. The van der Waals surface area contributed by atoms with Crippen LogP contribution in [0, 0.1) is 12.8 Å². The maximum Gasteiger partial charge on any atom is 0.276 e. The quantitative estimate of drug-likeness (QED) is 0.751. The van der Waals surface area contributed by atoms with E-state index in [-0.39, 0.29) is 23.4 Å². The second-order valence-corrected chi connectivity index (χ2v) is 6.43. The predicted octanol–water partition coefficient (Wildman–Crippen LogP) is 2.72. The second kappa shape index (κ2) is 7.10. The van der Waals surface area contributed by atoms with E-state index in [4.69, 9.17) is 13.5 Å². The van der Waals surface area contributed by atoms with Crippen molar-refractivity contribution >= 4 is 17.6 Å². The monoisotopic (exact) mass is 370 g/mol. The van der Waals surface area contributed by atoms with Crippen LogP contribution in [0.1, 0.15) is 29.1 Å². The molecule has 1 N–H and O–H groups in total. The Morgan fingerprint density at radius 2 is 1.96 bits per heavy atom. The van der Waals surface area contributed by atoms with Crippen molar-refractivity contribution < 1.29 is 23.1 Å². The summed E-state index contributed by atoms with van der Waals surface area (Å²) in [4.78, 5) is 26.6. The number of aromatic nitrogens is 2. The lowest BCUT2D eigenvalue weighted by molar-refractivity contribution is -0.121. The standard InChI is InChI=1S/C18H18N4O5/c1-11-9-16(21-26-11)19-17(23)12-4-6-22(7-5-12)18(24)13-10-15(27-20-13)14-3-2-8-25-14/h2-3,8-10,12H,4-7H2,1H3,(H,19,21,23). The maximum atomic E-state index is 12.6. The molecule has 3 aromatic rings. The van der Waals surface area contributed by atoms with E-state index in [9.17, 15) is 9.59 Å². The zero-order valence-corrected chi connectivity index (χ0v) is 14.7. The molecule has 4 heterocycles. The smallest absolute Gasteiger partial charge is 0.276 e. The number of hydrogen-bond donors (Lipinski definition) is 1. The van der Waals surface area contributed by atoms with E-state index in [1.165, 1.54) is 6.26 Å². The number of hydrogen-bond acceptors (Lipinski definition) is 7. The molecule has 0 bridgehead atoms. The number of nitrogens with one attached hydrogen (secondary N) is 1. The Labute approximate surface area is 154 Å². The number of furan rings is 1. The van der Waals surface area contributed by atoms with Gasteiger partial charge in [-0.1, -0.05) is 10.3 Å². The summed E-state index contributed by atoms with van der Waals surface area (Å²) in [6.45, 7) is 2.70. The van der Waals surface area contributed by atoms with Gasteiger partial charge in [-0.3, -0.25) is 9.59 Å². The van der Waals surface area contributed by atoms with Crippen LogP contribution in [0.2, 0.25) is 0 Å². The number of amides is 2. The number of nitrogens with zero attached hydrogens (tertiary/aromatic N) is 3. The number of rotatable bonds is 4. The Balaban J connectivity index is 1.33. The molecule has 0 aliphatic carbocycles. The van der Waals surface area contributed by atoms with Gasteiger partial charge in [-0.2, -0.15) is 0 Å². The predicted molar refractivity (Wildman–Crippen MR) is 92.7 cm³/mol. The summed E-state index contributed by atoms with van der Waals surface area (Å²) in [5.41, 5.74) is 0.224. The molecule has 0 aromatic carbocycles. The highest BCUT2D eigenvalue weighted by atomic mass is 16.5. The van der Waals surface area contributed by atoms with Crippen LogP contribution in [0.15, 0.2) is 44.0 Å². The van der Waals surface area contributed by atoms with Crippen LogP contribution < -0.4 is 5.32 Å². The summed E-state index contributed by atoms with van der Waals surface area (Å²) in [7, 11) is 0. The normalized spacial score (nSPS) is 15.1. The number of piperidine rings is 1. The SMILES string of the molecule is Cc1cc(NC(=O)C2CCN(C(=O)c3cc(-c4ccco4)on3)CC2)no1. The number of likely N-dealkylation sites (tertiary alicyclic amines) is 1. The minimum Gasteiger partial charge on any atom is -0.461 e. The number of carbonyl (C=O) groups excluding carboxylic acids is 2. The molecule has 0 atom stereocenters. The van der Waals surface area contributed by atoms with Gasteiger partial charge in [0, 0.05) is 31.1 Å². The van der Waals surface area contributed by atoms with Gasteiger partial charge in [0.2, 0.25) is 11.7 Å². The fraction of sp³-hybridized carbons (Fsp3) is 0.333. The second-order valence-electron chi connectivity index (χ2n) is 6.43. The van der Waals surface area contributed by atoms with Gasteiger partial charge in [0.1, 0.15) is 5.76 Å². The third-order valence-corrected chi connectivity index (χ3v) is 4.53. The van der Waals surface area contributed by atoms with Crippen molar-refractivity contribution in [1.29, 1.82) is 0 Å². The van der Waals surface area contributed by atoms with Crippen molar-refractivity contribution in [3.05, 3.63) is 42.0 Å². The highest BCUT2D eigenvalue weighted by Gasteiger charge is 2.29. The first-order valence-electron chi connectivity index (χ1n) is 8.64. The Kier molecular flexibility index (Phi) is 4.49. The largest absolute Gasteiger partial charge is 0.461 e. The van der Waals surface area contributed by atoms with Crippen molar-refractivity contribution in [2.24, 2.45) is 5.92 Å². The van der Waals surface area contributed by atoms with Crippen LogP contribution >= 0.6 is 0 Å². The molecule has 4 rings (SSSR count). The van der Waals surface area contributed by atoms with Gasteiger partial charge in [0.05, 0.1) is 6.26 Å². The topological polar surface area (TPSA) is 115 Å². The molecule has 27 heavy (non-hydrogen) atoms. The summed E-state index contributed by atoms with van der Waals surface area (Å²) >= 11 is 0. The van der Waals surface area contributed by atoms with E-state index in [1.54, 1.807) is 36.1 Å². The molecule has 1 saturated heterocycles. The van der Waals surface area contributed by atoms with E-state index in [2.05, 4.69) is 15.6 Å². The lowest BCUT2D eigenvalue weighted by Crippen LogP contribution is -2.41. The summed E-state index contributed by atoms with van der Waals surface area (Å²) in [5.74, 6) is 1.44. The van der Waals surface area contributed by atoms with E-state index in [0.29, 0.717) is 49.0 Å². The third kappa shape index (κ3) is 3.62. The van der Waals surface area contributed by atoms with Crippen molar-refractivity contribution in [2.75, 3.05) is 18.4 Å². The Bertz CT molecular complexity index is 935. The Morgan fingerprint density at radius 1 is 1.15 bits per heavy atom. The zero-order chi connectivity index (χ0) is 18.8. The zero-order valence-electron chi connectivity index (χ0n) is 14.7. The van der Waals surface area contributed by atoms with E-state index in [1.807, 2.05) is 0 Å². The van der Waals surface area contributed by atoms with E-state index < -0.39 is 0 Å². The minimum atomic E-state index is -0.220. The molecule has 1 aliphatic rings. The van der Waals surface area contributed by atoms with Crippen molar-refractivity contribution in [3.63, 3.8) is 0 Å². The molecule has 140 valence electrons. The van der Waals surface area contributed by atoms with Crippen LogP contribution in [-0.2, 0) is 4.79 Å². The molecule has 2 amide bonds. The lowest BCUT2D eigenvalue weighted by atomic mass is 9.95. The molecule has 3 aromatic heterocycles. The van der Waals surface area contributed by atoms with E-state index >= 15 is 0 Å². The van der Waals surface area contributed by atoms with Crippen molar-refractivity contribution in [1.82, 2.24) is 15.2 Å². The average Bonchev–Trinajstić information content (AvgIpc) is 3.43. The van der Waals surface area contributed by atoms with Gasteiger partial charge in [-0.25, -0.2) is 0 Å². The molecular formula is C18H18N4O5. The summed E-state index contributed by atoms with van der Waals surface area (Å²) < 4.78 is 15.4.